The Kier molecular flexibility index (Phi) is 2.16. The normalized spacial score (nSPS) is 13.6. The van der Waals surface area contributed by atoms with Gasteiger partial charge in [-0.3, -0.25) is 4.79 Å². The average Bonchev–Trinajstić information content (AvgIpc) is 2.86. The number of fused-ring (bicyclic) bond motifs is 1. The highest BCUT2D eigenvalue weighted by atomic mass is 16.5. The number of aryl methyl sites for hydroxylation is 1. The lowest BCUT2D eigenvalue weighted by Crippen LogP contribution is -2.04. The Hall–Kier alpha value is -2.30. The maximum absolute atomic E-state index is 11.5. The van der Waals surface area contributed by atoms with Crippen molar-refractivity contribution in [1.29, 1.82) is 0 Å². The lowest BCUT2D eigenvalue weighted by Gasteiger charge is -2.11. The van der Waals surface area contributed by atoms with E-state index in [0.29, 0.717) is 18.0 Å². The molecule has 3 N–H and O–H groups in total. The number of nitrogens with zero attached hydrogens (tertiary/aromatic N) is 1. The Bertz CT molecular complexity index is 658. The Morgan fingerprint density at radius 3 is 2.83 bits per heavy atom. The topological polar surface area (TPSA) is 81.2 Å². The van der Waals surface area contributed by atoms with Gasteiger partial charge >= 0.3 is 0 Å². The van der Waals surface area contributed by atoms with Crippen molar-refractivity contribution in [2.45, 2.75) is 20.3 Å². The molecule has 1 aromatic carbocycles. The van der Waals surface area contributed by atoms with E-state index < -0.39 is 0 Å². The molecule has 0 atom stereocenters. The van der Waals surface area contributed by atoms with Crippen LogP contribution in [0, 0.1) is 13.8 Å². The molecule has 3 rings (SSSR count). The molecule has 0 spiro atoms. The second-order valence-electron chi connectivity index (χ2n) is 4.57. The summed E-state index contributed by atoms with van der Waals surface area (Å²) >= 11 is 0. The zero-order valence-corrected chi connectivity index (χ0v) is 10.2. The summed E-state index contributed by atoms with van der Waals surface area (Å²) in [5, 5.41) is 6.57. The van der Waals surface area contributed by atoms with Crippen LogP contribution >= 0.6 is 0 Å². The first-order valence-electron chi connectivity index (χ1n) is 5.71. The van der Waals surface area contributed by atoms with Gasteiger partial charge in [-0.15, -0.1) is 0 Å². The minimum atomic E-state index is 0.00346. The minimum absolute atomic E-state index is 0.00346. The summed E-state index contributed by atoms with van der Waals surface area (Å²) in [6, 6.07) is 3.71. The van der Waals surface area contributed by atoms with Gasteiger partial charge in [-0.05, 0) is 30.5 Å². The van der Waals surface area contributed by atoms with Gasteiger partial charge in [0, 0.05) is 11.6 Å². The van der Waals surface area contributed by atoms with Gasteiger partial charge in [-0.25, -0.2) is 0 Å². The van der Waals surface area contributed by atoms with Crippen LogP contribution in [0.15, 0.2) is 16.7 Å². The summed E-state index contributed by atoms with van der Waals surface area (Å²) in [4.78, 5) is 11.5. The molecule has 2 aromatic rings. The third kappa shape index (κ3) is 1.48. The van der Waals surface area contributed by atoms with E-state index in [2.05, 4.69) is 10.5 Å². The van der Waals surface area contributed by atoms with Crippen molar-refractivity contribution in [3.63, 3.8) is 0 Å². The molecule has 1 amide bonds. The fourth-order valence-corrected chi connectivity index (χ4v) is 2.34. The molecule has 18 heavy (non-hydrogen) atoms. The van der Waals surface area contributed by atoms with Crippen molar-refractivity contribution >= 4 is 17.4 Å². The first-order chi connectivity index (χ1) is 8.56. The number of carbonyl (C=O) groups is 1. The van der Waals surface area contributed by atoms with Gasteiger partial charge in [0.05, 0.1) is 12.1 Å². The standard InChI is InChI=1S/C13H13N3O2/c1-6-3-8-4-11(17)15-13(8)12(7(6)2)9-5-10(14)16-18-9/h3,5H,4H2,1-2H3,(H2,14,16)(H,15,17). The number of aromatic nitrogens is 1. The predicted molar refractivity (Wildman–Crippen MR) is 68.2 cm³/mol. The molecular formula is C13H13N3O2. The van der Waals surface area contributed by atoms with Crippen molar-refractivity contribution in [3.8, 4) is 11.3 Å². The van der Waals surface area contributed by atoms with Gasteiger partial charge in [0.25, 0.3) is 0 Å². The van der Waals surface area contributed by atoms with E-state index >= 15 is 0 Å². The van der Waals surface area contributed by atoms with E-state index in [-0.39, 0.29) is 5.91 Å². The number of hydrogen-bond acceptors (Lipinski definition) is 4. The maximum Gasteiger partial charge on any atom is 0.228 e. The van der Waals surface area contributed by atoms with Crippen LogP contribution in [0.1, 0.15) is 16.7 Å². The fraction of sp³-hybridized carbons (Fsp3) is 0.231. The molecule has 1 aliphatic rings. The average molecular weight is 243 g/mol. The Morgan fingerprint density at radius 1 is 1.39 bits per heavy atom. The Balaban J connectivity index is 2.28. The van der Waals surface area contributed by atoms with Crippen molar-refractivity contribution in [3.05, 3.63) is 28.8 Å². The molecule has 1 aliphatic heterocycles. The first kappa shape index (κ1) is 10.8. The highest BCUT2D eigenvalue weighted by molar-refractivity contribution is 6.04. The van der Waals surface area contributed by atoms with E-state index in [1.165, 1.54) is 0 Å². The summed E-state index contributed by atoms with van der Waals surface area (Å²) < 4.78 is 5.22. The number of amides is 1. The largest absolute Gasteiger partial charge is 0.381 e. The number of carbonyl (C=O) groups excluding carboxylic acids is 1. The fourth-order valence-electron chi connectivity index (χ4n) is 2.34. The summed E-state index contributed by atoms with van der Waals surface area (Å²) in [6.45, 7) is 4.01. The number of nitrogen functional groups attached to an aromatic ring is 1. The monoisotopic (exact) mass is 243 g/mol. The molecule has 2 heterocycles. The van der Waals surface area contributed by atoms with Crippen molar-refractivity contribution in [2.75, 3.05) is 11.1 Å². The van der Waals surface area contributed by atoms with E-state index in [1.807, 2.05) is 19.9 Å². The number of nitrogens with one attached hydrogen (secondary N) is 1. The molecule has 0 radical (unpaired) electrons. The molecule has 0 aliphatic carbocycles. The zero-order chi connectivity index (χ0) is 12.9. The van der Waals surface area contributed by atoms with Crippen molar-refractivity contribution in [2.24, 2.45) is 0 Å². The highest BCUT2D eigenvalue weighted by Crippen LogP contribution is 2.39. The van der Waals surface area contributed by atoms with Gasteiger partial charge in [0.2, 0.25) is 5.91 Å². The highest BCUT2D eigenvalue weighted by Gasteiger charge is 2.25. The summed E-state index contributed by atoms with van der Waals surface area (Å²) in [7, 11) is 0. The van der Waals surface area contributed by atoms with Crippen LogP contribution in [-0.2, 0) is 11.2 Å². The minimum Gasteiger partial charge on any atom is -0.381 e. The number of anilines is 2. The van der Waals surface area contributed by atoms with Crippen molar-refractivity contribution < 1.29 is 9.32 Å². The van der Waals surface area contributed by atoms with E-state index in [1.54, 1.807) is 6.07 Å². The van der Waals surface area contributed by atoms with Gasteiger partial charge in [-0.2, -0.15) is 0 Å². The Labute approximate surface area is 104 Å². The third-order valence-corrected chi connectivity index (χ3v) is 3.32. The number of nitrogens with two attached hydrogens (primary N) is 1. The van der Waals surface area contributed by atoms with E-state index in [0.717, 1.165) is 27.9 Å². The summed E-state index contributed by atoms with van der Waals surface area (Å²) in [6.07, 6.45) is 0.410. The molecule has 0 saturated carbocycles. The second-order valence-corrected chi connectivity index (χ2v) is 4.57. The van der Waals surface area contributed by atoms with Crippen molar-refractivity contribution in [1.82, 2.24) is 5.16 Å². The van der Waals surface area contributed by atoms with Crippen LogP contribution in [0.25, 0.3) is 11.3 Å². The molecule has 1 aromatic heterocycles. The first-order valence-corrected chi connectivity index (χ1v) is 5.71. The van der Waals surface area contributed by atoms with Crippen LogP contribution < -0.4 is 11.1 Å². The van der Waals surface area contributed by atoms with E-state index in [9.17, 15) is 4.79 Å². The van der Waals surface area contributed by atoms with Gasteiger partial charge in [0.1, 0.15) is 0 Å². The molecule has 0 unspecified atom stereocenters. The van der Waals surface area contributed by atoms with Crippen LogP contribution in [0.3, 0.4) is 0 Å². The quantitative estimate of drug-likeness (QED) is 0.803. The molecule has 5 heteroatoms. The SMILES string of the molecule is Cc1cc2c(c(-c3cc(N)no3)c1C)NC(=O)C2. The number of benzene rings is 1. The second kappa shape index (κ2) is 3.60. The van der Waals surface area contributed by atoms with Crippen LogP contribution in [-0.4, -0.2) is 11.1 Å². The Morgan fingerprint density at radius 2 is 2.17 bits per heavy atom. The lowest BCUT2D eigenvalue weighted by atomic mass is 9.95. The molecule has 0 bridgehead atoms. The lowest BCUT2D eigenvalue weighted by molar-refractivity contribution is -0.115. The molecule has 0 fully saturated rings. The summed E-state index contributed by atoms with van der Waals surface area (Å²) in [5.74, 6) is 0.930. The maximum atomic E-state index is 11.5. The van der Waals surface area contributed by atoms with E-state index in [4.69, 9.17) is 10.3 Å². The summed E-state index contributed by atoms with van der Waals surface area (Å²) in [5.41, 5.74) is 10.5. The third-order valence-electron chi connectivity index (χ3n) is 3.32. The van der Waals surface area contributed by atoms with Crippen LogP contribution in [0.5, 0.6) is 0 Å². The van der Waals surface area contributed by atoms with Crippen LogP contribution in [0.2, 0.25) is 0 Å². The van der Waals surface area contributed by atoms with Gasteiger partial charge < -0.3 is 15.6 Å². The van der Waals surface area contributed by atoms with Gasteiger partial charge in [0.15, 0.2) is 11.6 Å². The van der Waals surface area contributed by atoms with Gasteiger partial charge in [-0.1, -0.05) is 11.2 Å². The molecule has 92 valence electrons. The number of hydrogen-bond donors (Lipinski definition) is 2. The molecule has 0 saturated heterocycles. The smallest absolute Gasteiger partial charge is 0.228 e. The van der Waals surface area contributed by atoms with Crippen LogP contribution in [0.4, 0.5) is 11.5 Å². The molecule has 5 nitrogen and oxygen atoms in total. The number of rotatable bonds is 1. The molecular weight excluding hydrogens is 230 g/mol. The predicted octanol–water partition coefficient (Wildman–Crippen LogP) is 2.04. The zero-order valence-electron chi connectivity index (χ0n) is 10.2.